The van der Waals surface area contributed by atoms with Gasteiger partial charge in [-0.25, -0.2) is 13.1 Å². The molecule has 5 nitrogen and oxygen atoms in total. The third kappa shape index (κ3) is 3.55. The molecule has 1 aromatic carbocycles. The molecule has 0 aromatic heterocycles. The third-order valence-corrected chi connectivity index (χ3v) is 5.96. The molecule has 1 fully saturated rings. The summed E-state index contributed by atoms with van der Waals surface area (Å²) in [5, 5.41) is 3.84. The summed E-state index contributed by atoms with van der Waals surface area (Å²) >= 11 is 1.95. The molecule has 0 amide bonds. The molecule has 1 atom stereocenters. The minimum atomic E-state index is -3.43. The summed E-state index contributed by atoms with van der Waals surface area (Å²) in [4.78, 5) is 0.228. The molecule has 0 bridgehead atoms. The topological polar surface area (TPSA) is 84.2 Å². The van der Waals surface area contributed by atoms with Crippen LogP contribution in [-0.2, 0) is 10.0 Å². The fourth-order valence-electron chi connectivity index (χ4n) is 2.00. The number of nitrogen functional groups attached to an aromatic ring is 1. The summed E-state index contributed by atoms with van der Waals surface area (Å²) in [6.07, 6.45) is 2.45. The predicted octanol–water partition coefficient (Wildman–Crippen LogP) is 1.48. The lowest BCUT2D eigenvalue weighted by molar-refractivity contribution is 0.588. The van der Waals surface area contributed by atoms with E-state index in [-0.39, 0.29) is 4.90 Å². The van der Waals surface area contributed by atoms with E-state index in [2.05, 4.69) is 10.0 Å². The van der Waals surface area contributed by atoms with Gasteiger partial charge in [0.05, 0.1) is 16.3 Å². The summed E-state index contributed by atoms with van der Waals surface area (Å²) in [5.74, 6) is 1.20. The average molecular weight is 301 g/mol. The minimum absolute atomic E-state index is 0.228. The molecule has 1 heterocycles. The van der Waals surface area contributed by atoms with Gasteiger partial charge in [0.1, 0.15) is 0 Å². The number of thioether (sulfide) groups is 1. The van der Waals surface area contributed by atoms with Gasteiger partial charge in [0.25, 0.3) is 0 Å². The number of nitrogens with one attached hydrogen (secondary N) is 2. The molecular formula is C12H19N3O2S2. The monoisotopic (exact) mass is 301 g/mol. The SMILES string of the molecule is CNS(=O)(=O)c1ccc(N)c(NCC2CCCS2)c1. The van der Waals surface area contributed by atoms with Gasteiger partial charge in [0.15, 0.2) is 0 Å². The molecule has 4 N–H and O–H groups in total. The van der Waals surface area contributed by atoms with E-state index in [1.165, 1.54) is 31.7 Å². The van der Waals surface area contributed by atoms with Gasteiger partial charge in [-0.3, -0.25) is 0 Å². The van der Waals surface area contributed by atoms with E-state index in [9.17, 15) is 8.42 Å². The number of sulfonamides is 1. The maximum absolute atomic E-state index is 11.7. The van der Waals surface area contributed by atoms with Crippen molar-refractivity contribution in [3.63, 3.8) is 0 Å². The van der Waals surface area contributed by atoms with Crippen LogP contribution in [0.25, 0.3) is 0 Å². The number of hydrogen-bond acceptors (Lipinski definition) is 5. The van der Waals surface area contributed by atoms with Crippen LogP contribution in [0.2, 0.25) is 0 Å². The first-order valence-electron chi connectivity index (χ1n) is 6.21. The van der Waals surface area contributed by atoms with Gasteiger partial charge >= 0.3 is 0 Å². The van der Waals surface area contributed by atoms with Gasteiger partial charge in [0.2, 0.25) is 10.0 Å². The van der Waals surface area contributed by atoms with Crippen LogP contribution in [0.1, 0.15) is 12.8 Å². The number of anilines is 2. The first-order chi connectivity index (χ1) is 9.03. The van der Waals surface area contributed by atoms with Crippen molar-refractivity contribution in [3.8, 4) is 0 Å². The molecule has 106 valence electrons. The maximum atomic E-state index is 11.7. The van der Waals surface area contributed by atoms with Crippen LogP contribution >= 0.6 is 11.8 Å². The Labute approximate surface area is 118 Å². The second-order valence-electron chi connectivity index (χ2n) is 4.47. The summed E-state index contributed by atoms with van der Waals surface area (Å²) in [6, 6.07) is 4.71. The molecule has 1 aliphatic rings. The Bertz CT molecular complexity index is 540. The predicted molar refractivity (Wildman–Crippen MR) is 81.1 cm³/mol. The number of nitrogens with two attached hydrogens (primary N) is 1. The zero-order valence-corrected chi connectivity index (χ0v) is 12.5. The van der Waals surface area contributed by atoms with Crippen LogP contribution in [0.15, 0.2) is 23.1 Å². The van der Waals surface area contributed by atoms with Crippen molar-refractivity contribution >= 4 is 33.2 Å². The quantitative estimate of drug-likeness (QED) is 0.718. The van der Waals surface area contributed by atoms with Crippen LogP contribution in [0, 0.1) is 0 Å². The Morgan fingerprint density at radius 2 is 2.26 bits per heavy atom. The van der Waals surface area contributed by atoms with Crippen molar-refractivity contribution in [2.24, 2.45) is 0 Å². The Kier molecular flexibility index (Phi) is 4.59. The fraction of sp³-hybridized carbons (Fsp3) is 0.500. The van der Waals surface area contributed by atoms with Crippen molar-refractivity contribution in [2.75, 3.05) is 30.4 Å². The van der Waals surface area contributed by atoms with E-state index >= 15 is 0 Å². The molecular weight excluding hydrogens is 282 g/mol. The summed E-state index contributed by atoms with van der Waals surface area (Å²) < 4.78 is 25.8. The number of benzene rings is 1. The summed E-state index contributed by atoms with van der Waals surface area (Å²) in [7, 11) is -2.03. The lowest BCUT2D eigenvalue weighted by Crippen LogP contribution is -2.19. The van der Waals surface area contributed by atoms with E-state index in [1.807, 2.05) is 11.8 Å². The lowest BCUT2D eigenvalue weighted by Gasteiger charge is -2.14. The minimum Gasteiger partial charge on any atom is -0.397 e. The zero-order valence-electron chi connectivity index (χ0n) is 10.8. The Morgan fingerprint density at radius 3 is 2.89 bits per heavy atom. The van der Waals surface area contributed by atoms with E-state index in [0.717, 1.165) is 6.54 Å². The van der Waals surface area contributed by atoms with E-state index in [1.54, 1.807) is 12.1 Å². The highest BCUT2D eigenvalue weighted by molar-refractivity contribution is 8.00. The molecule has 0 spiro atoms. The fourth-order valence-corrected chi connectivity index (χ4v) is 3.96. The van der Waals surface area contributed by atoms with Crippen molar-refractivity contribution in [3.05, 3.63) is 18.2 Å². The second-order valence-corrected chi connectivity index (χ2v) is 7.77. The molecule has 1 saturated heterocycles. The highest BCUT2D eigenvalue weighted by Crippen LogP contribution is 2.28. The third-order valence-electron chi connectivity index (χ3n) is 3.15. The maximum Gasteiger partial charge on any atom is 0.240 e. The van der Waals surface area contributed by atoms with Gasteiger partial charge in [-0.1, -0.05) is 0 Å². The average Bonchev–Trinajstić information content (AvgIpc) is 2.90. The Balaban J connectivity index is 2.13. The molecule has 1 aliphatic heterocycles. The second kappa shape index (κ2) is 6.02. The molecule has 0 radical (unpaired) electrons. The molecule has 0 saturated carbocycles. The standard InChI is InChI=1S/C12H19N3O2S2/c1-14-19(16,17)10-4-5-11(13)12(7-10)15-8-9-3-2-6-18-9/h4-5,7,9,14-15H,2-3,6,8,13H2,1H3. The molecule has 7 heteroatoms. The summed E-state index contributed by atoms with van der Waals surface area (Å²) in [6.45, 7) is 0.817. The summed E-state index contributed by atoms with van der Waals surface area (Å²) in [5.41, 5.74) is 7.13. The van der Waals surface area contributed by atoms with Crippen molar-refractivity contribution in [2.45, 2.75) is 23.0 Å². The van der Waals surface area contributed by atoms with Gasteiger partial charge in [-0.15, -0.1) is 0 Å². The normalized spacial score (nSPS) is 19.5. The molecule has 0 aliphatic carbocycles. The van der Waals surface area contributed by atoms with Crippen molar-refractivity contribution in [1.82, 2.24) is 4.72 Å². The molecule has 19 heavy (non-hydrogen) atoms. The van der Waals surface area contributed by atoms with Crippen molar-refractivity contribution < 1.29 is 8.42 Å². The zero-order chi connectivity index (χ0) is 13.9. The van der Waals surface area contributed by atoms with Crippen LogP contribution in [0.3, 0.4) is 0 Å². The first-order valence-corrected chi connectivity index (χ1v) is 8.74. The van der Waals surface area contributed by atoms with Crippen molar-refractivity contribution in [1.29, 1.82) is 0 Å². The molecule has 1 aromatic rings. The first kappa shape index (κ1) is 14.5. The highest BCUT2D eigenvalue weighted by Gasteiger charge is 2.17. The van der Waals surface area contributed by atoms with E-state index in [0.29, 0.717) is 16.6 Å². The Morgan fingerprint density at radius 1 is 1.47 bits per heavy atom. The highest BCUT2D eigenvalue weighted by atomic mass is 32.2. The van der Waals surface area contributed by atoms with Gasteiger partial charge in [0, 0.05) is 11.8 Å². The van der Waals surface area contributed by atoms with Crippen LogP contribution in [0.4, 0.5) is 11.4 Å². The van der Waals surface area contributed by atoms with E-state index < -0.39 is 10.0 Å². The molecule has 1 unspecified atom stereocenters. The van der Waals surface area contributed by atoms with Crippen LogP contribution in [-0.4, -0.2) is 33.0 Å². The van der Waals surface area contributed by atoms with Gasteiger partial charge in [-0.2, -0.15) is 11.8 Å². The number of hydrogen-bond donors (Lipinski definition) is 3. The Hall–Kier alpha value is -0.920. The largest absolute Gasteiger partial charge is 0.397 e. The molecule has 2 rings (SSSR count). The van der Waals surface area contributed by atoms with Crippen LogP contribution in [0.5, 0.6) is 0 Å². The van der Waals surface area contributed by atoms with Crippen LogP contribution < -0.4 is 15.8 Å². The van der Waals surface area contributed by atoms with Gasteiger partial charge in [-0.05, 0) is 43.8 Å². The number of rotatable bonds is 5. The van der Waals surface area contributed by atoms with Gasteiger partial charge < -0.3 is 11.1 Å². The lowest BCUT2D eigenvalue weighted by atomic mass is 10.2. The smallest absolute Gasteiger partial charge is 0.240 e. The van der Waals surface area contributed by atoms with E-state index in [4.69, 9.17) is 5.73 Å².